The van der Waals surface area contributed by atoms with Crippen molar-refractivity contribution in [2.75, 3.05) is 0 Å². The number of aliphatic hydroxyl groups is 1. The summed E-state index contributed by atoms with van der Waals surface area (Å²) in [7, 11) is 0. The first kappa shape index (κ1) is 12.6. The minimum atomic E-state index is -1.14. The molecule has 1 aliphatic rings. The van der Waals surface area contributed by atoms with Gasteiger partial charge in [0.15, 0.2) is 0 Å². The van der Waals surface area contributed by atoms with Crippen LogP contribution < -0.4 is 0 Å². The Kier molecular flexibility index (Phi) is 3.08. The first-order valence-corrected chi connectivity index (χ1v) is 6.71. The van der Waals surface area contributed by atoms with Gasteiger partial charge in [0.1, 0.15) is 5.82 Å². The van der Waals surface area contributed by atoms with Crippen LogP contribution >= 0.6 is 11.6 Å². The van der Waals surface area contributed by atoms with Crippen molar-refractivity contribution in [3.8, 4) is 0 Å². The maximum absolute atomic E-state index is 14.0. The molecular formula is C16H14ClFO. The lowest BCUT2D eigenvalue weighted by molar-refractivity contribution is 0.0188. The van der Waals surface area contributed by atoms with Crippen molar-refractivity contribution in [3.05, 3.63) is 70.0 Å². The fraction of sp³-hybridized carbons (Fsp3) is 0.250. The topological polar surface area (TPSA) is 20.2 Å². The number of fused-ring (bicyclic) bond motifs is 1. The molecule has 98 valence electrons. The van der Waals surface area contributed by atoms with E-state index < -0.39 is 11.4 Å². The summed E-state index contributed by atoms with van der Waals surface area (Å²) in [5, 5.41) is 11.1. The fourth-order valence-electron chi connectivity index (χ4n) is 2.82. The summed E-state index contributed by atoms with van der Waals surface area (Å²) in [5.74, 6) is -0.436. The molecule has 0 saturated carbocycles. The van der Waals surface area contributed by atoms with Crippen LogP contribution in [0, 0.1) is 5.82 Å². The standard InChI is InChI=1S/C16H14ClFO/c17-13-5-6-14(15(18)9-13)16(19)8-7-11-3-1-2-4-12(11)10-16/h1-6,9,19H,7-8,10H2. The van der Waals surface area contributed by atoms with Gasteiger partial charge in [-0.3, -0.25) is 0 Å². The van der Waals surface area contributed by atoms with Crippen LogP contribution in [0.4, 0.5) is 4.39 Å². The Morgan fingerprint density at radius 3 is 2.58 bits per heavy atom. The molecule has 0 spiro atoms. The van der Waals surface area contributed by atoms with E-state index in [0.717, 1.165) is 12.0 Å². The van der Waals surface area contributed by atoms with Gasteiger partial charge in [-0.05, 0) is 36.1 Å². The van der Waals surface area contributed by atoms with E-state index in [2.05, 4.69) is 6.07 Å². The van der Waals surface area contributed by atoms with Crippen LogP contribution in [0.1, 0.15) is 23.1 Å². The zero-order chi connectivity index (χ0) is 13.5. The van der Waals surface area contributed by atoms with Gasteiger partial charge < -0.3 is 5.11 Å². The van der Waals surface area contributed by atoms with Crippen LogP contribution in [0.3, 0.4) is 0 Å². The fourth-order valence-corrected chi connectivity index (χ4v) is 2.97. The first-order valence-electron chi connectivity index (χ1n) is 6.33. The molecule has 1 N–H and O–H groups in total. The Morgan fingerprint density at radius 1 is 1.11 bits per heavy atom. The molecule has 3 rings (SSSR count). The maximum atomic E-state index is 14.0. The van der Waals surface area contributed by atoms with Crippen molar-refractivity contribution in [3.63, 3.8) is 0 Å². The van der Waals surface area contributed by atoms with Gasteiger partial charge in [0.2, 0.25) is 0 Å². The first-order chi connectivity index (χ1) is 9.08. The highest BCUT2D eigenvalue weighted by atomic mass is 35.5. The van der Waals surface area contributed by atoms with Crippen LogP contribution in [-0.4, -0.2) is 5.11 Å². The average Bonchev–Trinajstić information content (AvgIpc) is 2.38. The lowest BCUT2D eigenvalue weighted by Crippen LogP contribution is -2.34. The number of benzene rings is 2. The van der Waals surface area contributed by atoms with E-state index >= 15 is 0 Å². The number of hydrogen-bond donors (Lipinski definition) is 1. The quantitative estimate of drug-likeness (QED) is 0.839. The largest absolute Gasteiger partial charge is 0.385 e. The highest BCUT2D eigenvalue weighted by Crippen LogP contribution is 2.37. The third-order valence-electron chi connectivity index (χ3n) is 3.84. The lowest BCUT2D eigenvalue weighted by Gasteiger charge is -2.34. The van der Waals surface area contributed by atoms with Gasteiger partial charge in [-0.2, -0.15) is 0 Å². The van der Waals surface area contributed by atoms with E-state index in [-0.39, 0.29) is 0 Å². The normalized spacial score (nSPS) is 22.1. The van der Waals surface area contributed by atoms with E-state index in [1.165, 1.54) is 11.6 Å². The second-order valence-corrected chi connectivity index (χ2v) is 5.54. The zero-order valence-corrected chi connectivity index (χ0v) is 11.1. The predicted molar refractivity (Wildman–Crippen MR) is 73.8 cm³/mol. The lowest BCUT2D eigenvalue weighted by atomic mass is 9.76. The Labute approximate surface area is 116 Å². The molecule has 0 aliphatic heterocycles. The van der Waals surface area contributed by atoms with Gasteiger partial charge in [-0.1, -0.05) is 41.9 Å². The molecule has 0 amide bonds. The van der Waals surface area contributed by atoms with Crippen LogP contribution in [0.2, 0.25) is 5.02 Å². The number of rotatable bonds is 1. The smallest absolute Gasteiger partial charge is 0.130 e. The molecule has 2 aromatic carbocycles. The third-order valence-corrected chi connectivity index (χ3v) is 4.08. The summed E-state index contributed by atoms with van der Waals surface area (Å²) in [6.45, 7) is 0. The summed E-state index contributed by atoms with van der Waals surface area (Å²) in [6.07, 6.45) is 1.74. The van der Waals surface area contributed by atoms with Gasteiger partial charge in [0.05, 0.1) is 5.60 Å². The molecule has 1 nitrogen and oxygen atoms in total. The minimum absolute atomic E-state index is 0.339. The minimum Gasteiger partial charge on any atom is -0.385 e. The van der Waals surface area contributed by atoms with E-state index in [1.807, 2.05) is 18.2 Å². The zero-order valence-electron chi connectivity index (χ0n) is 10.4. The van der Waals surface area contributed by atoms with Gasteiger partial charge in [0, 0.05) is 17.0 Å². The molecule has 1 aliphatic carbocycles. The third kappa shape index (κ3) is 2.26. The molecule has 0 aromatic heterocycles. The summed E-state index contributed by atoms with van der Waals surface area (Å²) >= 11 is 5.76. The Balaban J connectivity index is 2.01. The van der Waals surface area contributed by atoms with Crippen molar-refractivity contribution in [2.24, 2.45) is 0 Å². The SMILES string of the molecule is OC1(c2ccc(Cl)cc2F)CCc2ccccc2C1. The summed E-state index contributed by atoms with van der Waals surface area (Å²) in [6, 6.07) is 12.5. The van der Waals surface area contributed by atoms with Gasteiger partial charge in [0.25, 0.3) is 0 Å². The van der Waals surface area contributed by atoms with Crippen LogP contribution in [0.5, 0.6) is 0 Å². The second kappa shape index (κ2) is 4.62. The van der Waals surface area contributed by atoms with Crippen LogP contribution in [-0.2, 0) is 18.4 Å². The molecule has 0 radical (unpaired) electrons. The molecular weight excluding hydrogens is 263 g/mol. The average molecular weight is 277 g/mol. The van der Waals surface area contributed by atoms with Crippen molar-refractivity contribution in [2.45, 2.75) is 24.9 Å². The molecule has 0 fully saturated rings. The van der Waals surface area contributed by atoms with Crippen molar-refractivity contribution in [1.29, 1.82) is 0 Å². The van der Waals surface area contributed by atoms with Gasteiger partial charge >= 0.3 is 0 Å². The summed E-state index contributed by atoms with van der Waals surface area (Å²) in [5.41, 5.74) is 1.53. The van der Waals surface area contributed by atoms with E-state index in [1.54, 1.807) is 12.1 Å². The molecule has 1 atom stereocenters. The highest BCUT2D eigenvalue weighted by molar-refractivity contribution is 6.30. The van der Waals surface area contributed by atoms with E-state index in [0.29, 0.717) is 23.4 Å². The second-order valence-electron chi connectivity index (χ2n) is 5.10. The maximum Gasteiger partial charge on any atom is 0.130 e. The molecule has 0 heterocycles. The number of hydrogen-bond acceptors (Lipinski definition) is 1. The molecule has 0 saturated heterocycles. The van der Waals surface area contributed by atoms with Crippen LogP contribution in [0.15, 0.2) is 42.5 Å². The monoisotopic (exact) mass is 276 g/mol. The van der Waals surface area contributed by atoms with Crippen molar-refractivity contribution >= 4 is 11.6 Å². The Morgan fingerprint density at radius 2 is 1.84 bits per heavy atom. The molecule has 19 heavy (non-hydrogen) atoms. The molecule has 3 heteroatoms. The molecule has 2 aromatic rings. The van der Waals surface area contributed by atoms with Crippen LogP contribution in [0.25, 0.3) is 0 Å². The Hall–Kier alpha value is -1.38. The summed E-state index contributed by atoms with van der Waals surface area (Å²) in [4.78, 5) is 0. The number of aryl methyl sites for hydroxylation is 1. The molecule has 0 bridgehead atoms. The Bertz CT molecular complexity index is 626. The van der Waals surface area contributed by atoms with Crippen molar-refractivity contribution < 1.29 is 9.50 Å². The summed E-state index contributed by atoms with van der Waals surface area (Å²) < 4.78 is 14.0. The van der Waals surface area contributed by atoms with E-state index in [4.69, 9.17) is 11.6 Å². The molecule has 1 unspecified atom stereocenters. The number of halogens is 2. The van der Waals surface area contributed by atoms with Gasteiger partial charge in [-0.25, -0.2) is 4.39 Å². The van der Waals surface area contributed by atoms with E-state index in [9.17, 15) is 9.50 Å². The van der Waals surface area contributed by atoms with Crippen molar-refractivity contribution in [1.82, 2.24) is 0 Å². The van der Waals surface area contributed by atoms with Gasteiger partial charge in [-0.15, -0.1) is 0 Å². The predicted octanol–water partition coefficient (Wildman–Crippen LogP) is 3.86. The highest BCUT2D eigenvalue weighted by Gasteiger charge is 2.35.